The Labute approximate surface area is 121 Å². The number of hydrogen-bond donors (Lipinski definition) is 1. The van der Waals surface area contributed by atoms with Crippen LogP contribution in [0.25, 0.3) is 0 Å². The van der Waals surface area contributed by atoms with E-state index in [1.807, 2.05) is 0 Å². The first-order valence-corrected chi connectivity index (χ1v) is 7.69. The van der Waals surface area contributed by atoms with Crippen LogP contribution in [0.15, 0.2) is 17.2 Å². The van der Waals surface area contributed by atoms with E-state index in [4.69, 9.17) is 0 Å². The Balaban J connectivity index is 2.05. The normalized spacial score (nSPS) is 19.2. The fraction of sp³-hybridized carbons (Fsp3) is 0.750. The van der Waals surface area contributed by atoms with Crippen molar-refractivity contribution in [3.05, 3.63) is 22.7 Å². The van der Waals surface area contributed by atoms with Gasteiger partial charge in [0.15, 0.2) is 5.82 Å². The highest BCUT2D eigenvalue weighted by atomic mass is 16.1. The minimum atomic E-state index is 0.00559. The van der Waals surface area contributed by atoms with Gasteiger partial charge in [-0.2, -0.15) is 0 Å². The zero-order valence-corrected chi connectivity index (χ0v) is 13.1. The lowest BCUT2D eigenvalue weighted by atomic mass is 9.75. The average molecular weight is 277 g/mol. The summed E-state index contributed by atoms with van der Waals surface area (Å²) in [6, 6.07) is 0.387. The quantitative estimate of drug-likeness (QED) is 0.918. The third kappa shape index (κ3) is 3.84. The predicted octanol–water partition coefficient (Wildman–Crippen LogP) is 3.28. The topological polar surface area (TPSA) is 46.9 Å². The van der Waals surface area contributed by atoms with E-state index in [0.29, 0.717) is 23.2 Å². The molecule has 0 atom stereocenters. The Kier molecular flexibility index (Phi) is 4.51. The Morgan fingerprint density at radius 3 is 2.65 bits per heavy atom. The van der Waals surface area contributed by atoms with E-state index in [1.165, 1.54) is 12.8 Å². The van der Waals surface area contributed by atoms with Crippen LogP contribution in [0, 0.1) is 11.3 Å². The fourth-order valence-corrected chi connectivity index (χ4v) is 2.82. The van der Waals surface area contributed by atoms with Crippen molar-refractivity contribution in [3.63, 3.8) is 0 Å². The number of nitrogens with one attached hydrogen (secondary N) is 1. The average Bonchev–Trinajstić information content (AvgIpc) is 2.36. The molecular formula is C16H27N3O. The molecule has 112 valence electrons. The van der Waals surface area contributed by atoms with Gasteiger partial charge in [-0.25, -0.2) is 4.98 Å². The smallest absolute Gasteiger partial charge is 0.293 e. The zero-order chi connectivity index (χ0) is 14.8. The van der Waals surface area contributed by atoms with Gasteiger partial charge >= 0.3 is 0 Å². The first-order chi connectivity index (χ1) is 9.37. The molecule has 4 nitrogen and oxygen atoms in total. The number of rotatable bonds is 4. The van der Waals surface area contributed by atoms with Gasteiger partial charge in [-0.15, -0.1) is 0 Å². The van der Waals surface area contributed by atoms with Crippen LogP contribution < -0.4 is 10.9 Å². The molecule has 20 heavy (non-hydrogen) atoms. The van der Waals surface area contributed by atoms with Gasteiger partial charge in [-0.3, -0.25) is 4.79 Å². The minimum Gasteiger partial charge on any atom is -0.363 e. The molecule has 1 fully saturated rings. The standard InChI is InChI=1S/C16H27N3O/c1-12(2)11-19-10-9-17-14(15(19)20)18-13-5-7-16(3,4)8-6-13/h9-10,12-13H,5-8,11H2,1-4H3,(H,17,18). The Bertz CT molecular complexity index is 495. The summed E-state index contributed by atoms with van der Waals surface area (Å²) < 4.78 is 1.76. The van der Waals surface area contributed by atoms with Crippen molar-refractivity contribution in [3.8, 4) is 0 Å². The third-order valence-corrected chi connectivity index (χ3v) is 4.16. The number of nitrogens with zero attached hydrogens (tertiary/aromatic N) is 2. The van der Waals surface area contributed by atoms with E-state index >= 15 is 0 Å². The molecule has 1 aromatic heterocycles. The monoisotopic (exact) mass is 277 g/mol. The molecular weight excluding hydrogens is 250 g/mol. The summed E-state index contributed by atoms with van der Waals surface area (Å²) in [5.74, 6) is 0.969. The molecule has 2 rings (SSSR count). The number of hydrogen-bond acceptors (Lipinski definition) is 3. The molecule has 1 aromatic rings. The summed E-state index contributed by atoms with van der Waals surface area (Å²) in [4.78, 5) is 16.6. The van der Waals surface area contributed by atoms with Crippen molar-refractivity contribution in [1.82, 2.24) is 9.55 Å². The van der Waals surface area contributed by atoms with Crippen molar-refractivity contribution in [2.45, 2.75) is 66.0 Å². The zero-order valence-electron chi connectivity index (χ0n) is 13.1. The molecule has 0 unspecified atom stereocenters. The Morgan fingerprint density at radius 2 is 2.05 bits per heavy atom. The van der Waals surface area contributed by atoms with E-state index in [9.17, 15) is 4.79 Å². The van der Waals surface area contributed by atoms with Gasteiger partial charge in [0.25, 0.3) is 5.56 Å². The van der Waals surface area contributed by atoms with E-state index in [0.717, 1.165) is 19.4 Å². The van der Waals surface area contributed by atoms with Gasteiger partial charge in [0, 0.05) is 25.0 Å². The summed E-state index contributed by atoms with van der Waals surface area (Å²) >= 11 is 0. The minimum absolute atomic E-state index is 0.00559. The molecule has 1 aliphatic rings. The summed E-state index contributed by atoms with van der Waals surface area (Å²) in [7, 11) is 0. The molecule has 0 aromatic carbocycles. The van der Waals surface area contributed by atoms with Gasteiger partial charge in [-0.05, 0) is 37.0 Å². The largest absolute Gasteiger partial charge is 0.363 e. The maximum Gasteiger partial charge on any atom is 0.293 e. The van der Waals surface area contributed by atoms with Crippen LogP contribution in [0.1, 0.15) is 53.4 Å². The van der Waals surface area contributed by atoms with Gasteiger partial charge in [0.2, 0.25) is 0 Å². The molecule has 0 aliphatic heterocycles. The lowest BCUT2D eigenvalue weighted by Gasteiger charge is -2.34. The lowest BCUT2D eigenvalue weighted by Crippen LogP contribution is -2.34. The van der Waals surface area contributed by atoms with Gasteiger partial charge in [0.1, 0.15) is 0 Å². The van der Waals surface area contributed by atoms with Crippen LogP contribution in [0.5, 0.6) is 0 Å². The van der Waals surface area contributed by atoms with Gasteiger partial charge in [-0.1, -0.05) is 27.7 Å². The second-order valence-corrected chi connectivity index (χ2v) is 7.21. The van der Waals surface area contributed by atoms with Gasteiger partial charge in [0.05, 0.1) is 0 Å². The SMILES string of the molecule is CC(C)Cn1ccnc(NC2CCC(C)(C)CC2)c1=O. The highest BCUT2D eigenvalue weighted by molar-refractivity contribution is 5.32. The van der Waals surface area contributed by atoms with Crippen LogP contribution in [0.4, 0.5) is 5.82 Å². The fourth-order valence-electron chi connectivity index (χ4n) is 2.82. The molecule has 1 heterocycles. The van der Waals surface area contributed by atoms with Crippen LogP contribution >= 0.6 is 0 Å². The van der Waals surface area contributed by atoms with E-state index in [1.54, 1.807) is 17.0 Å². The summed E-state index contributed by atoms with van der Waals surface area (Å²) in [5.41, 5.74) is 0.450. The highest BCUT2D eigenvalue weighted by Crippen LogP contribution is 2.35. The van der Waals surface area contributed by atoms with Crippen molar-refractivity contribution in [1.29, 1.82) is 0 Å². The van der Waals surface area contributed by atoms with E-state index in [-0.39, 0.29) is 5.56 Å². The maximum absolute atomic E-state index is 12.3. The first kappa shape index (κ1) is 15.1. The van der Waals surface area contributed by atoms with Crippen molar-refractivity contribution in [2.24, 2.45) is 11.3 Å². The Hall–Kier alpha value is -1.32. The van der Waals surface area contributed by atoms with Crippen LogP contribution in [-0.4, -0.2) is 15.6 Å². The first-order valence-electron chi connectivity index (χ1n) is 7.69. The van der Waals surface area contributed by atoms with Crippen LogP contribution in [0.2, 0.25) is 0 Å². The second kappa shape index (κ2) is 5.98. The molecule has 0 bridgehead atoms. The number of aromatic nitrogens is 2. The Morgan fingerprint density at radius 1 is 1.40 bits per heavy atom. The summed E-state index contributed by atoms with van der Waals surface area (Å²) in [6.07, 6.45) is 8.14. The number of anilines is 1. The lowest BCUT2D eigenvalue weighted by molar-refractivity contribution is 0.232. The van der Waals surface area contributed by atoms with Crippen molar-refractivity contribution >= 4 is 5.82 Å². The summed E-state index contributed by atoms with van der Waals surface area (Å²) in [6.45, 7) is 9.61. The van der Waals surface area contributed by atoms with Crippen molar-refractivity contribution in [2.75, 3.05) is 5.32 Å². The highest BCUT2D eigenvalue weighted by Gasteiger charge is 2.27. The molecule has 4 heteroatoms. The van der Waals surface area contributed by atoms with Crippen LogP contribution in [0.3, 0.4) is 0 Å². The van der Waals surface area contributed by atoms with E-state index in [2.05, 4.69) is 38.0 Å². The van der Waals surface area contributed by atoms with Crippen LogP contribution in [-0.2, 0) is 6.54 Å². The molecule has 0 radical (unpaired) electrons. The van der Waals surface area contributed by atoms with Gasteiger partial charge < -0.3 is 9.88 Å². The molecule has 0 saturated heterocycles. The summed E-state index contributed by atoms with van der Waals surface area (Å²) in [5, 5.41) is 3.36. The molecule has 1 aliphatic carbocycles. The maximum atomic E-state index is 12.3. The molecule has 0 spiro atoms. The van der Waals surface area contributed by atoms with E-state index < -0.39 is 0 Å². The molecule has 0 amide bonds. The third-order valence-electron chi connectivity index (χ3n) is 4.16. The molecule has 1 N–H and O–H groups in total. The second-order valence-electron chi connectivity index (χ2n) is 7.21. The molecule has 1 saturated carbocycles. The van der Waals surface area contributed by atoms with Crippen molar-refractivity contribution < 1.29 is 0 Å². The predicted molar refractivity (Wildman–Crippen MR) is 83.0 cm³/mol.